The number of thiophene rings is 1. The summed E-state index contributed by atoms with van der Waals surface area (Å²) in [6, 6.07) is 5.83. The summed E-state index contributed by atoms with van der Waals surface area (Å²) in [4.78, 5) is 12.8. The summed E-state index contributed by atoms with van der Waals surface area (Å²) < 4.78 is 5.30. The van der Waals surface area contributed by atoms with Gasteiger partial charge in [-0.15, -0.1) is 23.1 Å². The van der Waals surface area contributed by atoms with Gasteiger partial charge in [-0.05, 0) is 24.3 Å². The molecule has 7 heteroatoms. The fraction of sp³-hybridized carbons (Fsp3) is 0.467. The average Bonchev–Trinajstić information content (AvgIpc) is 3.16. The summed E-state index contributed by atoms with van der Waals surface area (Å²) in [6.07, 6.45) is 0. The van der Waals surface area contributed by atoms with Crippen molar-refractivity contribution in [3.05, 3.63) is 29.3 Å². The molecule has 0 saturated heterocycles. The van der Waals surface area contributed by atoms with Gasteiger partial charge in [0.15, 0.2) is 5.76 Å². The minimum Gasteiger partial charge on any atom is -0.396 e. The Balaban J connectivity index is 1.73. The van der Waals surface area contributed by atoms with Crippen LogP contribution in [0.2, 0.25) is 0 Å². The van der Waals surface area contributed by atoms with Crippen molar-refractivity contribution in [1.82, 2.24) is 10.5 Å². The van der Waals surface area contributed by atoms with Gasteiger partial charge in [0.1, 0.15) is 0 Å². The van der Waals surface area contributed by atoms with Gasteiger partial charge >= 0.3 is 0 Å². The van der Waals surface area contributed by atoms with Gasteiger partial charge in [0.25, 0.3) is 0 Å². The molecular weight excluding hydrogens is 320 g/mol. The highest BCUT2D eigenvalue weighted by Gasteiger charge is 2.14. The number of nitrogens with zero attached hydrogens (tertiary/aromatic N) is 1. The van der Waals surface area contributed by atoms with E-state index in [0.717, 1.165) is 16.3 Å². The van der Waals surface area contributed by atoms with Gasteiger partial charge in [0.05, 0.1) is 16.3 Å². The van der Waals surface area contributed by atoms with Crippen molar-refractivity contribution in [2.24, 2.45) is 5.92 Å². The van der Waals surface area contributed by atoms with Crippen LogP contribution in [0.5, 0.6) is 0 Å². The minimum atomic E-state index is -0.0319. The molecule has 2 rings (SSSR count). The standard InChI is InChI=1S/C15H20N2O3S2/c1-10(7-18)11(2)16-15(19)9-21-8-12-6-13(20-17-12)14-4-3-5-22-14/h3-6,10-11,18H,7-9H2,1-2H3,(H,16,19). The van der Waals surface area contributed by atoms with E-state index in [-0.39, 0.29) is 24.5 Å². The first kappa shape index (κ1) is 17.1. The van der Waals surface area contributed by atoms with E-state index in [0.29, 0.717) is 11.5 Å². The number of hydrogen-bond donors (Lipinski definition) is 2. The molecule has 5 nitrogen and oxygen atoms in total. The highest BCUT2D eigenvalue weighted by atomic mass is 32.2. The molecule has 2 unspecified atom stereocenters. The van der Waals surface area contributed by atoms with Crippen molar-refractivity contribution in [2.45, 2.75) is 25.6 Å². The molecule has 2 heterocycles. The summed E-state index contributed by atoms with van der Waals surface area (Å²) in [5.41, 5.74) is 0.831. The van der Waals surface area contributed by atoms with Crippen LogP contribution in [0.25, 0.3) is 10.6 Å². The van der Waals surface area contributed by atoms with Crippen LogP contribution in [0.1, 0.15) is 19.5 Å². The SMILES string of the molecule is CC(CO)C(C)NC(=O)CSCc1cc(-c2cccs2)on1. The maximum absolute atomic E-state index is 11.8. The van der Waals surface area contributed by atoms with E-state index in [2.05, 4.69) is 10.5 Å². The molecule has 120 valence electrons. The lowest BCUT2D eigenvalue weighted by Gasteiger charge is -2.18. The van der Waals surface area contributed by atoms with E-state index >= 15 is 0 Å². The predicted molar refractivity (Wildman–Crippen MR) is 89.8 cm³/mol. The summed E-state index contributed by atoms with van der Waals surface area (Å²) in [5, 5.41) is 17.9. The van der Waals surface area contributed by atoms with Gasteiger partial charge < -0.3 is 14.9 Å². The topological polar surface area (TPSA) is 75.4 Å². The van der Waals surface area contributed by atoms with E-state index in [1.165, 1.54) is 11.8 Å². The Kier molecular flexibility index (Phi) is 6.48. The molecule has 0 aromatic carbocycles. The number of aliphatic hydroxyl groups excluding tert-OH is 1. The van der Waals surface area contributed by atoms with E-state index in [4.69, 9.17) is 9.63 Å². The van der Waals surface area contributed by atoms with Crippen LogP contribution >= 0.6 is 23.1 Å². The highest BCUT2D eigenvalue weighted by Crippen LogP contribution is 2.26. The Morgan fingerprint density at radius 2 is 2.36 bits per heavy atom. The highest BCUT2D eigenvalue weighted by molar-refractivity contribution is 7.99. The molecule has 0 aliphatic heterocycles. The summed E-state index contributed by atoms with van der Waals surface area (Å²) in [7, 11) is 0. The third-order valence-electron chi connectivity index (χ3n) is 3.34. The molecule has 0 bridgehead atoms. The molecule has 22 heavy (non-hydrogen) atoms. The lowest BCUT2D eigenvalue weighted by atomic mass is 10.1. The fourth-order valence-corrected chi connectivity index (χ4v) is 3.15. The molecule has 0 radical (unpaired) electrons. The van der Waals surface area contributed by atoms with Gasteiger partial charge in [-0.1, -0.05) is 18.1 Å². The average molecular weight is 340 g/mol. The zero-order valence-corrected chi connectivity index (χ0v) is 14.2. The number of rotatable bonds is 8. The van der Waals surface area contributed by atoms with Crippen molar-refractivity contribution in [2.75, 3.05) is 12.4 Å². The first-order chi connectivity index (χ1) is 10.6. The molecule has 0 aliphatic rings. The van der Waals surface area contributed by atoms with Gasteiger partial charge in [0, 0.05) is 24.5 Å². The largest absolute Gasteiger partial charge is 0.396 e. The summed E-state index contributed by atoms with van der Waals surface area (Å²) in [6.45, 7) is 3.87. The van der Waals surface area contributed by atoms with E-state index in [1.807, 2.05) is 37.4 Å². The molecule has 2 N–H and O–H groups in total. The van der Waals surface area contributed by atoms with Crippen LogP contribution in [0, 0.1) is 5.92 Å². The Morgan fingerprint density at radius 1 is 1.55 bits per heavy atom. The molecule has 0 saturated carbocycles. The molecular formula is C15H20N2O3S2. The molecule has 2 atom stereocenters. The first-order valence-corrected chi connectivity index (χ1v) is 9.11. The number of thioether (sulfide) groups is 1. The van der Waals surface area contributed by atoms with Gasteiger partial charge in [-0.25, -0.2) is 0 Å². The second kappa shape index (κ2) is 8.36. The Labute approximate surface area is 138 Å². The fourth-order valence-electron chi connectivity index (χ4n) is 1.76. The number of amides is 1. The number of hydrogen-bond acceptors (Lipinski definition) is 6. The van der Waals surface area contributed by atoms with Crippen molar-refractivity contribution >= 4 is 29.0 Å². The third kappa shape index (κ3) is 4.86. The number of aliphatic hydroxyl groups is 1. The van der Waals surface area contributed by atoms with Gasteiger partial charge in [-0.2, -0.15) is 0 Å². The Bertz CT molecular complexity index is 583. The zero-order valence-electron chi connectivity index (χ0n) is 12.6. The van der Waals surface area contributed by atoms with Crippen molar-refractivity contribution in [1.29, 1.82) is 0 Å². The third-order valence-corrected chi connectivity index (χ3v) is 5.19. The monoisotopic (exact) mass is 340 g/mol. The second-order valence-electron chi connectivity index (χ2n) is 5.17. The number of aromatic nitrogens is 1. The van der Waals surface area contributed by atoms with Crippen LogP contribution in [0.3, 0.4) is 0 Å². The Hall–Kier alpha value is -1.31. The predicted octanol–water partition coefficient (Wildman–Crippen LogP) is 2.77. The van der Waals surface area contributed by atoms with Crippen LogP contribution in [-0.4, -0.2) is 34.6 Å². The van der Waals surface area contributed by atoms with Gasteiger partial charge in [-0.3, -0.25) is 4.79 Å². The van der Waals surface area contributed by atoms with Crippen molar-refractivity contribution in [3.63, 3.8) is 0 Å². The molecule has 1 amide bonds. The summed E-state index contributed by atoms with van der Waals surface area (Å²) in [5.74, 6) is 1.79. The van der Waals surface area contributed by atoms with E-state index < -0.39 is 0 Å². The first-order valence-electron chi connectivity index (χ1n) is 7.07. The molecule has 0 fully saturated rings. The minimum absolute atomic E-state index is 0.0280. The van der Waals surface area contributed by atoms with E-state index in [1.54, 1.807) is 11.3 Å². The van der Waals surface area contributed by atoms with Crippen LogP contribution < -0.4 is 5.32 Å². The lowest BCUT2D eigenvalue weighted by Crippen LogP contribution is -2.39. The van der Waals surface area contributed by atoms with Gasteiger partial charge in [0.2, 0.25) is 5.91 Å². The smallest absolute Gasteiger partial charge is 0.230 e. The molecule has 2 aromatic rings. The number of nitrogens with one attached hydrogen (secondary N) is 1. The van der Waals surface area contributed by atoms with Crippen molar-refractivity contribution in [3.8, 4) is 10.6 Å². The normalized spacial score (nSPS) is 13.8. The lowest BCUT2D eigenvalue weighted by molar-refractivity contribution is -0.119. The number of carbonyl (C=O) groups excluding carboxylic acids is 1. The quantitative estimate of drug-likeness (QED) is 0.773. The maximum Gasteiger partial charge on any atom is 0.230 e. The second-order valence-corrected chi connectivity index (χ2v) is 7.10. The van der Waals surface area contributed by atoms with Crippen LogP contribution in [0.15, 0.2) is 28.1 Å². The van der Waals surface area contributed by atoms with Crippen LogP contribution in [-0.2, 0) is 10.5 Å². The summed E-state index contributed by atoms with van der Waals surface area (Å²) >= 11 is 3.10. The molecule has 0 aliphatic carbocycles. The number of carbonyl (C=O) groups is 1. The molecule has 0 spiro atoms. The van der Waals surface area contributed by atoms with Crippen LogP contribution in [0.4, 0.5) is 0 Å². The van der Waals surface area contributed by atoms with Crippen molar-refractivity contribution < 1.29 is 14.4 Å². The maximum atomic E-state index is 11.8. The zero-order chi connectivity index (χ0) is 15.9. The van der Waals surface area contributed by atoms with E-state index in [9.17, 15) is 4.79 Å². The molecule has 2 aromatic heterocycles. The Morgan fingerprint density at radius 3 is 3.05 bits per heavy atom.